The van der Waals surface area contributed by atoms with E-state index >= 15 is 0 Å². The highest BCUT2D eigenvalue weighted by molar-refractivity contribution is 7.80. The number of anilines is 1. The van der Waals surface area contributed by atoms with Crippen LogP contribution >= 0.6 is 12.2 Å². The first-order chi connectivity index (χ1) is 11.5. The first-order valence-electron chi connectivity index (χ1n) is 7.54. The number of ether oxygens (including phenoxy) is 2. The minimum Gasteiger partial charge on any atom is -0.488 e. The van der Waals surface area contributed by atoms with Crippen molar-refractivity contribution in [3.63, 3.8) is 0 Å². The lowest BCUT2D eigenvalue weighted by Gasteiger charge is -2.15. The molecule has 128 valence electrons. The van der Waals surface area contributed by atoms with Gasteiger partial charge in [0.2, 0.25) is 6.86 Å². The zero-order valence-corrected chi connectivity index (χ0v) is 14.4. The Bertz CT molecular complexity index is 722. The maximum absolute atomic E-state index is 14.1. The van der Waals surface area contributed by atoms with Gasteiger partial charge in [-0.3, -0.25) is 0 Å². The Hall–Kier alpha value is -2.21. The number of thiocarbonyl (C=S) groups is 1. The van der Waals surface area contributed by atoms with Crippen molar-refractivity contribution < 1.29 is 18.3 Å². The molecule has 0 saturated heterocycles. The molecule has 0 fully saturated rings. The van der Waals surface area contributed by atoms with Gasteiger partial charge in [-0.2, -0.15) is 0 Å². The third-order valence-electron chi connectivity index (χ3n) is 3.56. The predicted octanol–water partition coefficient (Wildman–Crippen LogP) is 4.92. The molecule has 0 spiro atoms. The summed E-state index contributed by atoms with van der Waals surface area (Å²) < 4.78 is 36.6. The van der Waals surface area contributed by atoms with Gasteiger partial charge in [-0.05, 0) is 54.9 Å². The van der Waals surface area contributed by atoms with Crippen LogP contribution in [0.4, 0.5) is 14.5 Å². The summed E-state index contributed by atoms with van der Waals surface area (Å²) in [7, 11) is 0. The smallest absolute Gasteiger partial charge is 0.263 e. The Kier molecular flexibility index (Phi) is 6.49. The van der Waals surface area contributed by atoms with E-state index in [4.69, 9.17) is 17.0 Å². The summed E-state index contributed by atoms with van der Waals surface area (Å²) in [6.45, 7) is 2.99. The van der Waals surface area contributed by atoms with Crippen molar-refractivity contribution in [3.05, 3.63) is 58.9 Å². The van der Waals surface area contributed by atoms with Crippen LogP contribution in [0.5, 0.6) is 5.75 Å². The number of benzene rings is 2. The number of alkyl halides is 1. The van der Waals surface area contributed by atoms with Crippen LogP contribution in [-0.4, -0.2) is 12.0 Å². The predicted molar refractivity (Wildman–Crippen MR) is 94.6 cm³/mol. The lowest BCUT2D eigenvalue weighted by atomic mass is 10.1. The van der Waals surface area contributed by atoms with Gasteiger partial charge in [-0.25, -0.2) is 8.78 Å². The summed E-state index contributed by atoms with van der Waals surface area (Å²) in [5.74, 6) is 0.245. The number of nitrogens with one attached hydrogen (secondary N) is 1. The van der Waals surface area contributed by atoms with E-state index in [-0.39, 0.29) is 11.8 Å². The minimum absolute atomic E-state index is 0.0134. The zero-order valence-electron chi connectivity index (χ0n) is 13.6. The average molecular weight is 351 g/mol. The van der Waals surface area contributed by atoms with Gasteiger partial charge >= 0.3 is 0 Å². The second-order valence-electron chi connectivity index (χ2n) is 5.17. The van der Waals surface area contributed by atoms with Crippen LogP contribution in [0.1, 0.15) is 23.6 Å². The Morgan fingerprint density at radius 2 is 2.04 bits per heavy atom. The lowest BCUT2D eigenvalue weighted by molar-refractivity contribution is 0.184. The van der Waals surface area contributed by atoms with Gasteiger partial charge in [-0.15, -0.1) is 0 Å². The quantitative estimate of drug-likeness (QED) is 0.749. The van der Waals surface area contributed by atoms with Gasteiger partial charge in [0.1, 0.15) is 18.2 Å². The molecule has 0 radical (unpaired) electrons. The Morgan fingerprint density at radius 3 is 2.71 bits per heavy atom. The van der Waals surface area contributed by atoms with E-state index in [1.54, 1.807) is 6.07 Å². The van der Waals surface area contributed by atoms with Crippen molar-refractivity contribution in [2.75, 3.05) is 12.2 Å². The molecule has 0 aliphatic heterocycles. The summed E-state index contributed by atoms with van der Waals surface area (Å²) in [5.41, 5.74) is 2.87. The summed E-state index contributed by atoms with van der Waals surface area (Å²) in [6.07, 6.45) is 0.939. The SMILES string of the molecule is CCc1ccc(OCc2c(F)cccc2NC(=S)OCF)c(C)c1. The highest BCUT2D eigenvalue weighted by atomic mass is 32.1. The van der Waals surface area contributed by atoms with Crippen molar-refractivity contribution in [2.24, 2.45) is 0 Å². The topological polar surface area (TPSA) is 30.5 Å². The lowest BCUT2D eigenvalue weighted by Crippen LogP contribution is -2.15. The first kappa shape index (κ1) is 18.1. The summed E-state index contributed by atoms with van der Waals surface area (Å²) >= 11 is 4.83. The molecule has 6 heteroatoms. The second-order valence-corrected chi connectivity index (χ2v) is 5.54. The van der Waals surface area contributed by atoms with E-state index in [1.165, 1.54) is 17.7 Å². The number of hydrogen-bond donors (Lipinski definition) is 1. The van der Waals surface area contributed by atoms with Gasteiger partial charge in [0.25, 0.3) is 5.17 Å². The number of halogens is 2. The van der Waals surface area contributed by atoms with Gasteiger partial charge < -0.3 is 14.8 Å². The summed E-state index contributed by atoms with van der Waals surface area (Å²) in [4.78, 5) is 0. The third-order valence-corrected chi connectivity index (χ3v) is 3.78. The zero-order chi connectivity index (χ0) is 17.5. The fourth-order valence-corrected chi connectivity index (χ4v) is 2.42. The van der Waals surface area contributed by atoms with E-state index < -0.39 is 12.7 Å². The molecule has 0 aliphatic rings. The maximum Gasteiger partial charge on any atom is 0.263 e. The summed E-state index contributed by atoms with van der Waals surface area (Å²) in [5, 5.41) is 2.51. The molecule has 0 unspecified atom stereocenters. The number of aryl methyl sites for hydroxylation is 2. The molecular weight excluding hydrogens is 332 g/mol. The third kappa shape index (κ3) is 4.64. The van der Waals surface area contributed by atoms with Crippen LogP contribution in [0.25, 0.3) is 0 Å². The second kappa shape index (κ2) is 8.59. The molecule has 2 rings (SSSR count). The molecule has 0 aromatic heterocycles. The van der Waals surface area contributed by atoms with Crippen molar-refractivity contribution >= 4 is 23.1 Å². The van der Waals surface area contributed by atoms with E-state index in [1.807, 2.05) is 25.1 Å². The van der Waals surface area contributed by atoms with Crippen molar-refractivity contribution in [1.82, 2.24) is 0 Å². The molecule has 2 aromatic carbocycles. The molecule has 24 heavy (non-hydrogen) atoms. The molecule has 2 aromatic rings. The monoisotopic (exact) mass is 351 g/mol. The minimum atomic E-state index is -1.05. The Labute approximate surface area is 145 Å². The fraction of sp³-hybridized carbons (Fsp3) is 0.278. The normalized spacial score (nSPS) is 10.3. The van der Waals surface area contributed by atoms with E-state index in [2.05, 4.69) is 17.0 Å². The average Bonchev–Trinajstić information content (AvgIpc) is 2.55. The van der Waals surface area contributed by atoms with Gasteiger partial charge in [0, 0.05) is 5.56 Å². The van der Waals surface area contributed by atoms with Gasteiger partial charge in [-0.1, -0.05) is 25.1 Å². The maximum atomic E-state index is 14.1. The van der Waals surface area contributed by atoms with Crippen molar-refractivity contribution in [1.29, 1.82) is 0 Å². The molecule has 3 nitrogen and oxygen atoms in total. The molecule has 0 aliphatic carbocycles. The van der Waals surface area contributed by atoms with Crippen LogP contribution in [0.2, 0.25) is 0 Å². The van der Waals surface area contributed by atoms with E-state index in [0.717, 1.165) is 12.0 Å². The molecule has 0 bridgehead atoms. The van der Waals surface area contributed by atoms with Crippen molar-refractivity contribution in [2.45, 2.75) is 26.9 Å². The van der Waals surface area contributed by atoms with Crippen LogP contribution in [0.3, 0.4) is 0 Å². The molecular formula is C18H19F2NO2S. The molecule has 0 saturated carbocycles. The highest BCUT2D eigenvalue weighted by Crippen LogP contribution is 2.24. The molecule has 0 heterocycles. The molecule has 0 atom stereocenters. The highest BCUT2D eigenvalue weighted by Gasteiger charge is 2.12. The molecule has 0 amide bonds. The summed E-state index contributed by atoms with van der Waals surface area (Å²) in [6, 6.07) is 10.4. The van der Waals surface area contributed by atoms with Crippen LogP contribution in [0.15, 0.2) is 36.4 Å². The van der Waals surface area contributed by atoms with Crippen molar-refractivity contribution in [3.8, 4) is 5.75 Å². The van der Waals surface area contributed by atoms with Crippen LogP contribution < -0.4 is 10.1 Å². The largest absolute Gasteiger partial charge is 0.488 e. The van der Waals surface area contributed by atoms with Crippen LogP contribution in [-0.2, 0) is 17.8 Å². The van der Waals surface area contributed by atoms with Gasteiger partial charge in [0.05, 0.1) is 5.69 Å². The van der Waals surface area contributed by atoms with E-state index in [9.17, 15) is 8.78 Å². The standard InChI is InChI=1S/C18H19F2NO2S/c1-3-13-7-8-17(12(2)9-13)22-10-14-15(20)5-4-6-16(14)21-18(24)23-11-19/h4-9H,3,10-11H2,1-2H3,(H,21,24). The Balaban J connectivity index is 2.16. The first-order valence-corrected chi connectivity index (χ1v) is 7.95. The van der Waals surface area contributed by atoms with Gasteiger partial charge in [0.15, 0.2) is 0 Å². The number of rotatable bonds is 6. The van der Waals surface area contributed by atoms with Crippen LogP contribution in [0, 0.1) is 12.7 Å². The fourth-order valence-electron chi connectivity index (χ4n) is 2.26. The molecule has 1 N–H and O–H groups in total. The van der Waals surface area contributed by atoms with E-state index in [0.29, 0.717) is 17.0 Å². The Morgan fingerprint density at radius 1 is 1.25 bits per heavy atom. The number of hydrogen-bond acceptors (Lipinski definition) is 3.